The number of benzene rings is 2. The SMILES string of the molecule is COCCn1c(NC(=O)c2ccc(Cl)cc2[N+](=O)[O-])c(NCc2ccccc2)c(=O)[nH]c1=O. The largest absolute Gasteiger partial charge is 0.383 e. The molecule has 12 heteroatoms. The van der Waals surface area contributed by atoms with E-state index in [-0.39, 0.29) is 41.8 Å². The summed E-state index contributed by atoms with van der Waals surface area (Å²) in [6.07, 6.45) is 0. The van der Waals surface area contributed by atoms with E-state index in [0.29, 0.717) is 0 Å². The molecule has 0 fully saturated rings. The summed E-state index contributed by atoms with van der Waals surface area (Å²) in [5.41, 5.74) is -1.58. The van der Waals surface area contributed by atoms with E-state index in [1.165, 1.54) is 19.2 Å². The van der Waals surface area contributed by atoms with Crippen LogP contribution in [0.4, 0.5) is 17.2 Å². The number of amides is 1. The third-order valence-corrected chi connectivity index (χ3v) is 4.90. The number of aromatic nitrogens is 2. The highest BCUT2D eigenvalue weighted by molar-refractivity contribution is 6.31. The van der Waals surface area contributed by atoms with Crippen molar-refractivity contribution in [1.29, 1.82) is 0 Å². The number of nitrogens with one attached hydrogen (secondary N) is 3. The van der Waals surface area contributed by atoms with Gasteiger partial charge in [-0.15, -0.1) is 0 Å². The van der Waals surface area contributed by atoms with Crippen molar-refractivity contribution in [3.05, 3.63) is 95.6 Å². The topological polar surface area (TPSA) is 148 Å². The molecule has 3 rings (SSSR count). The van der Waals surface area contributed by atoms with Gasteiger partial charge in [0.1, 0.15) is 17.1 Å². The second-order valence-corrected chi connectivity index (χ2v) is 7.28. The number of ether oxygens (including phenoxy) is 1. The molecule has 0 saturated carbocycles. The number of nitro groups is 1. The predicted octanol–water partition coefficient (Wildman–Crippen LogP) is 2.61. The summed E-state index contributed by atoms with van der Waals surface area (Å²) in [6.45, 7) is 0.328. The van der Waals surface area contributed by atoms with Crippen LogP contribution in [0.2, 0.25) is 5.02 Å². The maximum atomic E-state index is 13.0. The molecule has 2 aromatic carbocycles. The molecule has 1 amide bonds. The molecule has 0 unspecified atom stereocenters. The van der Waals surface area contributed by atoms with Crippen LogP contribution in [0.1, 0.15) is 15.9 Å². The minimum atomic E-state index is -0.891. The summed E-state index contributed by atoms with van der Waals surface area (Å²) >= 11 is 5.82. The van der Waals surface area contributed by atoms with Gasteiger partial charge >= 0.3 is 5.69 Å². The number of halogens is 1. The zero-order valence-electron chi connectivity index (χ0n) is 17.5. The number of carbonyl (C=O) groups is 1. The normalized spacial score (nSPS) is 10.6. The van der Waals surface area contributed by atoms with Crippen LogP contribution in [0.5, 0.6) is 0 Å². The van der Waals surface area contributed by atoms with Crippen molar-refractivity contribution in [3.8, 4) is 0 Å². The molecule has 0 radical (unpaired) electrons. The Kier molecular flexibility index (Phi) is 7.59. The Morgan fingerprint density at radius 1 is 1.21 bits per heavy atom. The Labute approximate surface area is 192 Å². The Bertz CT molecular complexity index is 1290. The first kappa shape index (κ1) is 23.7. The predicted molar refractivity (Wildman–Crippen MR) is 123 cm³/mol. The van der Waals surface area contributed by atoms with E-state index in [4.69, 9.17) is 16.3 Å². The Morgan fingerprint density at radius 2 is 1.94 bits per heavy atom. The molecule has 0 saturated heterocycles. The molecule has 0 aliphatic rings. The van der Waals surface area contributed by atoms with Gasteiger partial charge in [-0.05, 0) is 17.7 Å². The quantitative estimate of drug-likeness (QED) is 0.319. The summed E-state index contributed by atoms with van der Waals surface area (Å²) in [6, 6.07) is 12.7. The van der Waals surface area contributed by atoms with Crippen LogP contribution < -0.4 is 21.9 Å². The van der Waals surface area contributed by atoms with Gasteiger partial charge in [-0.1, -0.05) is 41.9 Å². The molecular formula is C21H20ClN5O6. The molecule has 0 spiro atoms. The Morgan fingerprint density at radius 3 is 2.61 bits per heavy atom. The van der Waals surface area contributed by atoms with Gasteiger partial charge in [0.2, 0.25) is 0 Å². The maximum absolute atomic E-state index is 13.0. The number of nitrogens with zero attached hydrogens (tertiary/aromatic N) is 2. The Hall–Kier alpha value is -3.96. The van der Waals surface area contributed by atoms with Crippen LogP contribution in [-0.2, 0) is 17.8 Å². The van der Waals surface area contributed by atoms with Crippen molar-refractivity contribution < 1.29 is 14.5 Å². The molecule has 1 aromatic heterocycles. The summed E-state index contributed by atoms with van der Waals surface area (Å²) in [7, 11) is 1.43. The third kappa shape index (κ3) is 5.64. The minimum absolute atomic E-state index is 0.00442. The lowest BCUT2D eigenvalue weighted by Crippen LogP contribution is -2.36. The highest BCUT2D eigenvalue weighted by Gasteiger charge is 2.24. The first-order valence-corrected chi connectivity index (χ1v) is 10.1. The van der Waals surface area contributed by atoms with Crippen LogP contribution >= 0.6 is 11.6 Å². The van der Waals surface area contributed by atoms with Gasteiger partial charge in [-0.2, -0.15) is 0 Å². The molecule has 1 heterocycles. The molecule has 3 aromatic rings. The molecule has 0 atom stereocenters. The van der Waals surface area contributed by atoms with E-state index < -0.39 is 27.8 Å². The number of hydrogen-bond acceptors (Lipinski definition) is 7. The van der Waals surface area contributed by atoms with E-state index in [2.05, 4.69) is 15.6 Å². The zero-order chi connectivity index (χ0) is 24.0. The van der Waals surface area contributed by atoms with E-state index in [9.17, 15) is 24.5 Å². The Balaban J connectivity index is 2.06. The van der Waals surface area contributed by atoms with Crippen LogP contribution in [-0.4, -0.2) is 34.1 Å². The zero-order valence-corrected chi connectivity index (χ0v) is 18.2. The lowest BCUT2D eigenvalue weighted by Gasteiger charge is -2.18. The molecule has 172 valence electrons. The highest BCUT2D eigenvalue weighted by Crippen LogP contribution is 2.25. The first-order chi connectivity index (χ1) is 15.8. The van der Waals surface area contributed by atoms with E-state index >= 15 is 0 Å². The first-order valence-electron chi connectivity index (χ1n) is 9.71. The summed E-state index contributed by atoms with van der Waals surface area (Å²) in [5, 5.41) is 16.9. The lowest BCUT2D eigenvalue weighted by atomic mass is 10.1. The van der Waals surface area contributed by atoms with Crippen LogP contribution in [0.3, 0.4) is 0 Å². The van der Waals surface area contributed by atoms with Crippen LogP contribution in [0, 0.1) is 10.1 Å². The monoisotopic (exact) mass is 473 g/mol. The summed E-state index contributed by atoms with van der Waals surface area (Å²) in [5.74, 6) is -1.04. The van der Waals surface area contributed by atoms with E-state index in [0.717, 1.165) is 16.2 Å². The molecule has 3 N–H and O–H groups in total. The van der Waals surface area contributed by atoms with Gasteiger partial charge in [0.15, 0.2) is 0 Å². The fourth-order valence-electron chi connectivity index (χ4n) is 3.07. The fourth-order valence-corrected chi connectivity index (χ4v) is 3.24. The van der Waals surface area contributed by atoms with Gasteiger partial charge in [-0.3, -0.25) is 29.3 Å². The number of nitro benzene ring substituents is 1. The van der Waals surface area contributed by atoms with Gasteiger partial charge < -0.3 is 15.4 Å². The smallest absolute Gasteiger partial charge is 0.330 e. The summed E-state index contributed by atoms with van der Waals surface area (Å²) < 4.78 is 6.13. The highest BCUT2D eigenvalue weighted by atomic mass is 35.5. The number of carbonyl (C=O) groups excluding carboxylic acids is 1. The van der Waals surface area contributed by atoms with Crippen molar-refractivity contribution in [2.45, 2.75) is 13.1 Å². The average Bonchev–Trinajstić information content (AvgIpc) is 2.79. The second kappa shape index (κ2) is 10.6. The second-order valence-electron chi connectivity index (χ2n) is 6.84. The number of rotatable bonds is 9. The van der Waals surface area contributed by atoms with Crippen molar-refractivity contribution in [2.24, 2.45) is 0 Å². The number of aromatic amines is 1. The molecular weight excluding hydrogens is 454 g/mol. The van der Waals surface area contributed by atoms with Gasteiger partial charge in [-0.25, -0.2) is 4.79 Å². The van der Waals surface area contributed by atoms with Crippen molar-refractivity contribution >= 4 is 34.7 Å². The van der Waals surface area contributed by atoms with Crippen LogP contribution in [0.15, 0.2) is 58.1 Å². The molecule has 0 aliphatic carbocycles. The minimum Gasteiger partial charge on any atom is -0.383 e. The van der Waals surface area contributed by atoms with Gasteiger partial charge in [0.25, 0.3) is 17.2 Å². The fraction of sp³-hybridized carbons (Fsp3) is 0.190. The number of anilines is 2. The lowest BCUT2D eigenvalue weighted by molar-refractivity contribution is -0.385. The van der Waals surface area contributed by atoms with Crippen LogP contribution in [0.25, 0.3) is 0 Å². The molecule has 0 aliphatic heterocycles. The van der Waals surface area contributed by atoms with Crippen molar-refractivity contribution in [2.75, 3.05) is 24.4 Å². The molecule has 11 nitrogen and oxygen atoms in total. The van der Waals surface area contributed by atoms with Gasteiger partial charge in [0.05, 0.1) is 18.1 Å². The average molecular weight is 474 g/mol. The third-order valence-electron chi connectivity index (χ3n) is 4.66. The number of hydrogen-bond donors (Lipinski definition) is 3. The number of methoxy groups -OCH3 is 1. The van der Waals surface area contributed by atoms with Crippen molar-refractivity contribution in [3.63, 3.8) is 0 Å². The summed E-state index contributed by atoms with van der Waals surface area (Å²) in [4.78, 5) is 50.9. The van der Waals surface area contributed by atoms with E-state index in [1.807, 2.05) is 30.3 Å². The number of H-pyrrole nitrogens is 1. The molecule has 33 heavy (non-hydrogen) atoms. The van der Waals surface area contributed by atoms with E-state index in [1.54, 1.807) is 0 Å². The maximum Gasteiger partial charge on any atom is 0.330 e. The van der Waals surface area contributed by atoms with Gasteiger partial charge in [0, 0.05) is 24.7 Å². The standard InChI is InChI=1S/C21H20ClN5O6/c1-33-10-9-26-18(24-19(28)15-8-7-14(22)11-16(15)27(31)32)17(20(29)25-21(26)30)23-12-13-5-3-2-4-6-13/h2-8,11,23H,9-10,12H2,1H3,(H,24,28)(H,25,29,30). The van der Waals surface area contributed by atoms with Crippen molar-refractivity contribution in [1.82, 2.24) is 9.55 Å². The molecule has 0 bridgehead atoms.